The summed E-state index contributed by atoms with van der Waals surface area (Å²) in [4.78, 5) is 24.6. The molecule has 1 fully saturated rings. The number of amides is 1. The van der Waals surface area contributed by atoms with Gasteiger partial charge in [-0.3, -0.25) is 9.59 Å². The first kappa shape index (κ1) is 22.8. The standard InChI is InChI=1S/C22H33NO6/c1-14-8-6-7-9-17(14)23-22(25)15(2)29-20(24)11-10-16-12-18(26-3)21(28-5)19(13-16)27-4/h12-15,17H,6-11H2,1-5H3,(H,23,25)/t14-,15-,17+/m1/s1. The quantitative estimate of drug-likeness (QED) is 0.633. The van der Waals surface area contributed by atoms with Crippen LogP contribution in [0, 0.1) is 5.92 Å². The Bertz CT molecular complexity index is 680. The molecule has 0 unspecified atom stereocenters. The third kappa shape index (κ3) is 6.27. The Hall–Kier alpha value is -2.44. The molecule has 0 spiro atoms. The molecule has 0 aliphatic heterocycles. The second kappa shape index (κ2) is 10.9. The van der Waals surface area contributed by atoms with Crippen LogP contribution in [0.2, 0.25) is 0 Å². The van der Waals surface area contributed by atoms with Crippen LogP contribution in [-0.4, -0.2) is 45.4 Å². The minimum Gasteiger partial charge on any atom is -0.493 e. The second-order valence-electron chi connectivity index (χ2n) is 7.54. The molecule has 1 saturated carbocycles. The Labute approximate surface area is 173 Å². The predicted octanol–water partition coefficient (Wildman–Crippen LogP) is 3.27. The minimum absolute atomic E-state index is 0.149. The number of hydrogen-bond acceptors (Lipinski definition) is 6. The maximum Gasteiger partial charge on any atom is 0.306 e. The largest absolute Gasteiger partial charge is 0.493 e. The SMILES string of the molecule is COc1cc(CCC(=O)O[C@H](C)C(=O)N[C@H]2CCCC[C@H]2C)cc(OC)c1OC. The molecule has 1 amide bonds. The van der Waals surface area contributed by atoms with E-state index in [9.17, 15) is 9.59 Å². The smallest absolute Gasteiger partial charge is 0.306 e. The fraction of sp³-hybridized carbons (Fsp3) is 0.636. The Morgan fingerprint density at radius 1 is 1.07 bits per heavy atom. The normalized spacial score (nSPS) is 19.8. The minimum atomic E-state index is -0.809. The highest BCUT2D eigenvalue weighted by Gasteiger charge is 2.26. The van der Waals surface area contributed by atoms with E-state index >= 15 is 0 Å². The van der Waals surface area contributed by atoms with Crippen LogP contribution in [0.3, 0.4) is 0 Å². The number of carbonyl (C=O) groups is 2. The van der Waals surface area contributed by atoms with E-state index in [1.54, 1.807) is 33.3 Å². The maximum atomic E-state index is 12.4. The third-order valence-electron chi connectivity index (χ3n) is 5.46. The molecule has 0 heterocycles. The lowest BCUT2D eigenvalue weighted by molar-refractivity contribution is -0.155. The molecule has 162 valence electrons. The van der Waals surface area contributed by atoms with Gasteiger partial charge in [-0.1, -0.05) is 19.8 Å². The predicted molar refractivity (Wildman–Crippen MR) is 110 cm³/mol. The fourth-order valence-electron chi connectivity index (χ4n) is 3.67. The molecule has 0 saturated heterocycles. The van der Waals surface area contributed by atoms with Gasteiger partial charge in [-0.05, 0) is 49.8 Å². The molecule has 0 radical (unpaired) electrons. The van der Waals surface area contributed by atoms with E-state index in [2.05, 4.69) is 12.2 Å². The van der Waals surface area contributed by atoms with Gasteiger partial charge in [-0.2, -0.15) is 0 Å². The molecule has 0 aromatic heterocycles. The molecular formula is C22H33NO6. The molecule has 2 rings (SSSR count). The zero-order valence-electron chi connectivity index (χ0n) is 18.1. The van der Waals surface area contributed by atoms with Crippen molar-refractivity contribution in [1.29, 1.82) is 0 Å². The van der Waals surface area contributed by atoms with Crippen LogP contribution in [0.15, 0.2) is 12.1 Å². The van der Waals surface area contributed by atoms with E-state index in [1.165, 1.54) is 13.5 Å². The number of carbonyl (C=O) groups excluding carboxylic acids is 2. The van der Waals surface area contributed by atoms with Crippen LogP contribution >= 0.6 is 0 Å². The number of rotatable bonds is 9. The number of methoxy groups -OCH3 is 3. The van der Waals surface area contributed by atoms with Crippen molar-refractivity contribution in [3.05, 3.63) is 17.7 Å². The van der Waals surface area contributed by atoms with E-state index in [0.29, 0.717) is 29.6 Å². The van der Waals surface area contributed by atoms with Gasteiger partial charge in [0.25, 0.3) is 5.91 Å². The van der Waals surface area contributed by atoms with Crippen molar-refractivity contribution in [2.75, 3.05) is 21.3 Å². The third-order valence-corrected chi connectivity index (χ3v) is 5.46. The molecule has 1 aliphatic rings. The summed E-state index contributed by atoms with van der Waals surface area (Å²) in [7, 11) is 4.63. The molecule has 3 atom stereocenters. The number of esters is 1. The highest BCUT2D eigenvalue weighted by molar-refractivity contribution is 5.83. The molecule has 7 nitrogen and oxygen atoms in total. The summed E-state index contributed by atoms with van der Waals surface area (Å²) < 4.78 is 21.3. The number of aryl methyl sites for hydroxylation is 1. The summed E-state index contributed by atoms with van der Waals surface area (Å²) in [5, 5.41) is 3.03. The van der Waals surface area contributed by atoms with Crippen molar-refractivity contribution in [1.82, 2.24) is 5.32 Å². The lowest BCUT2D eigenvalue weighted by Crippen LogP contribution is -2.46. The van der Waals surface area contributed by atoms with Crippen molar-refractivity contribution in [2.45, 2.75) is 64.5 Å². The Kier molecular flexibility index (Phi) is 8.61. The summed E-state index contributed by atoms with van der Waals surface area (Å²) >= 11 is 0. The average molecular weight is 408 g/mol. The zero-order chi connectivity index (χ0) is 21.4. The number of ether oxygens (including phenoxy) is 4. The van der Waals surface area contributed by atoms with E-state index in [0.717, 1.165) is 24.8 Å². The van der Waals surface area contributed by atoms with Crippen molar-refractivity contribution < 1.29 is 28.5 Å². The van der Waals surface area contributed by atoms with Crippen molar-refractivity contribution >= 4 is 11.9 Å². The fourth-order valence-corrected chi connectivity index (χ4v) is 3.67. The lowest BCUT2D eigenvalue weighted by atomic mass is 9.86. The van der Waals surface area contributed by atoms with Crippen LogP contribution in [0.25, 0.3) is 0 Å². The van der Waals surface area contributed by atoms with Crippen LogP contribution in [0.5, 0.6) is 17.2 Å². The molecule has 7 heteroatoms. The van der Waals surface area contributed by atoms with Gasteiger partial charge in [0.15, 0.2) is 17.6 Å². The number of hydrogen-bond donors (Lipinski definition) is 1. The molecule has 1 aliphatic carbocycles. The van der Waals surface area contributed by atoms with Gasteiger partial charge in [-0.15, -0.1) is 0 Å². The topological polar surface area (TPSA) is 83.1 Å². The van der Waals surface area contributed by atoms with Crippen molar-refractivity contribution in [3.63, 3.8) is 0 Å². The molecule has 1 aromatic rings. The summed E-state index contributed by atoms with van der Waals surface area (Å²) in [5.41, 5.74) is 0.851. The lowest BCUT2D eigenvalue weighted by Gasteiger charge is -2.30. The Morgan fingerprint density at radius 2 is 1.69 bits per heavy atom. The molecule has 29 heavy (non-hydrogen) atoms. The van der Waals surface area contributed by atoms with E-state index in [-0.39, 0.29) is 18.4 Å². The van der Waals surface area contributed by atoms with Crippen LogP contribution < -0.4 is 19.5 Å². The maximum absolute atomic E-state index is 12.4. The van der Waals surface area contributed by atoms with Gasteiger partial charge in [0.05, 0.1) is 21.3 Å². The molecular weight excluding hydrogens is 374 g/mol. The van der Waals surface area contributed by atoms with Crippen LogP contribution in [-0.2, 0) is 20.7 Å². The van der Waals surface area contributed by atoms with Gasteiger partial charge < -0.3 is 24.3 Å². The van der Waals surface area contributed by atoms with Gasteiger partial charge >= 0.3 is 5.97 Å². The van der Waals surface area contributed by atoms with E-state index in [1.807, 2.05) is 0 Å². The van der Waals surface area contributed by atoms with Gasteiger partial charge in [-0.25, -0.2) is 0 Å². The number of benzene rings is 1. The first-order valence-corrected chi connectivity index (χ1v) is 10.2. The zero-order valence-corrected chi connectivity index (χ0v) is 18.1. The van der Waals surface area contributed by atoms with Gasteiger partial charge in [0, 0.05) is 12.5 Å². The monoisotopic (exact) mass is 407 g/mol. The average Bonchev–Trinajstić information content (AvgIpc) is 2.72. The Balaban J connectivity index is 1.88. The number of nitrogens with one attached hydrogen (secondary N) is 1. The highest BCUT2D eigenvalue weighted by atomic mass is 16.5. The van der Waals surface area contributed by atoms with Crippen LogP contribution in [0.4, 0.5) is 0 Å². The molecule has 0 bridgehead atoms. The summed E-state index contributed by atoms with van der Waals surface area (Å²) in [5.74, 6) is 1.37. The summed E-state index contributed by atoms with van der Waals surface area (Å²) in [6, 6.07) is 3.77. The first-order chi connectivity index (χ1) is 13.9. The second-order valence-corrected chi connectivity index (χ2v) is 7.54. The van der Waals surface area contributed by atoms with Crippen molar-refractivity contribution in [2.24, 2.45) is 5.92 Å². The van der Waals surface area contributed by atoms with Gasteiger partial charge in [0.1, 0.15) is 0 Å². The summed E-state index contributed by atoms with van der Waals surface area (Å²) in [6.07, 6.45) is 4.20. The highest BCUT2D eigenvalue weighted by Crippen LogP contribution is 2.38. The Morgan fingerprint density at radius 3 is 2.24 bits per heavy atom. The first-order valence-electron chi connectivity index (χ1n) is 10.2. The molecule has 1 aromatic carbocycles. The van der Waals surface area contributed by atoms with Crippen molar-refractivity contribution in [3.8, 4) is 17.2 Å². The van der Waals surface area contributed by atoms with E-state index in [4.69, 9.17) is 18.9 Å². The van der Waals surface area contributed by atoms with Crippen LogP contribution in [0.1, 0.15) is 51.5 Å². The van der Waals surface area contributed by atoms with E-state index < -0.39 is 12.1 Å². The summed E-state index contributed by atoms with van der Waals surface area (Å²) in [6.45, 7) is 3.76. The molecule has 1 N–H and O–H groups in total. The van der Waals surface area contributed by atoms with Gasteiger partial charge in [0.2, 0.25) is 5.75 Å².